The number of halogens is 1. The van der Waals surface area contributed by atoms with E-state index in [1.807, 2.05) is 6.07 Å². The van der Waals surface area contributed by atoms with E-state index in [0.29, 0.717) is 49.3 Å². The van der Waals surface area contributed by atoms with Crippen molar-refractivity contribution in [1.29, 1.82) is 0 Å². The van der Waals surface area contributed by atoms with Crippen molar-refractivity contribution in [3.8, 4) is 0 Å². The Morgan fingerprint density at radius 3 is 2.59 bits per heavy atom. The van der Waals surface area contributed by atoms with Gasteiger partial charge in [-0.1, -0.05) is 18.2 Å². The van der Waals surface area contributed by atoms with Gasteiger partial charge in [-0.15, -0.1) is 0 Å². The van der Waals surface area contributed by atoms with Crippen molar-refractivity contribution in [3.05, 3.63) is 65.0 Å². The molecule has 2 aromatic rings. The van der Waals surface area contributed by atoms with Crippen molar-refractivity contribution in [3.63, 3.8) is 0 Å². The highest BCUT2D eigenvalue weighted by Crippen LogP contribution is 2.20. The Morgan fingerprint density at radius 1 is 1.19 bits per heavy atom. The van der Waals surface area contributed by atoms with Gasteiger partial charge in [0.25, 0.3) is 5.91 Å². The molecule has 0 saturated carbocycles. The van der Waals surface area contributed by atoms with Crippen LogP contribution in [0.25, 0.3) is 0 Å². The normalized spacial score (nSPS) is 14.8. The van der Waals surface area contributed by atoms with Crippen molar-refractivity contribution in [2.45, 2.75) is 26.3 Å². The molecule has 5 nitrogen and oxygen atoms in total. The van der Waals surface area contributed by atoms with Gasteiger partial charge in [-0.25, -0.2) is 4.39 Å². The van der Waals surface area contributed by atoms with Gasteiger partial charge in [0.05, 0.1) is 0 Å². The summed E-state index contributed by atoms with van der Waals surface area (Å²) in [5.74, 6) is -0.511. The van der Waals surface area contributed by atoms with E-state index in [-0.39, 0.29) is 23.5 Å². The van der Waals surface area contributed by atoms with Gasteiger partial charge in [-0.3, -0.25) is 9.59 Å². The molecular formula is C21H24FN3O2. The second-order valence-electron chi connectivity index (χ2n) is 6.99. The number of rotatable bonds is 4. The van der Waals surface area contributed by atoms with Crippen LogP contribution in [0, 0.1) is 18.7 Å². The molecule has 2 amide bonds. The summed E-state index contributed by atoms with van der Waals surface area (Å²) in [6.45, 7) is 3.07. The number of hydrogen-bond acceptors (Lipinski definition) is 3. The molecule has 0 radical (unpaired) electrons. The zero-order chi connectivity index (χ0) is 19.4. The molecule has 0 atom stereocenters. The first kappa shape index (κ1) is 18.9. The fourth-order valence-electron chi connectivity index (χ4n) is 3.28. The van der Waals surface area contributed by atoms with E-state index in [1.54, 1.807) is 42.2 Å². The predicted molar refractivity (Wildman–Crippen MR) is 102 cm³/mol. The first-order chi connectivity index (χ1) is 12.9. The number of amides is 2. The van der Waals surface area contributed by atoms with Crippen molar-refractivity contribution >= 4 is 17.5 Å². The van der Waals surface area contributed by atoms with Crippen LogP contribution >= 0.6 is 0 Å². The minimum Gasteiger partial charge on any atom is -0.399 e. The Morgan fingerprint density at radius 2 is 1.93 bits per heavy atom. The minimum atomic E-state index is -0.268. The molecule has 0 spiro atoms. The summed E-state index contributed by atoms with van der Waals surface area (Å²) in [7, 11) is 0. The molecule has 0 bridgehead atoms. The second kappa shape index (κ2) is 8.20. The molecule has 6 heteroatoms. The summed E-state index contributed by atoms with van der Waals surface area (Å²) < 4.78 is 13.6. The molecule has 142 valence electrons. The lowest BCUT2D eigenvalue weighted by molar-refractivity contribution is -0.126. The predicted octanol–water partition coefficient (Wildman–Crippen LogP) is 2.88. The van der Waals surface area contributed by atoms with Crippen LogP contribution in [0.4, 0.5) is 10.1 Å². The highest BCUT2D eigenvalue weighted by Gasteiger charge is 2.27. The molecule has 1 aliphatic heterocycles. The number of nitrogens with one attached hydrogen (secondary N) is 1. The SMILES string of the molecule is Cc1ccc(CNC(=O)C2CCN(C(=O)c3cccc(N)c3)CC2)cc1F. The molecule has 0 aromatic heterocycles. The van der Waals surface area contributed by atoms with Gasteiger partial charge >= 0.3 is 0 Å². The average Bonchev–Trinajstić information content (AvgIpc) is 2.68. The van der Waals surface area contributed by atoms with Crippen molar-refractivity contribution in [2.75, 3.05) is 18.8 Å². The summed E-state index contributed by atoms with van der Waals surface area (Å²) >= 11 is 0. The van der Waals surface area contributed by atoms with Crippen LogP contribution in [0.3, 0.4) is 0 Å². The van der Waals surface area contributed by atoms with Gasteiger partial charge in [0.15, 0.2) is 0 Å². The van der Waals surface area contributed by atoms with E-state index in [1.165, 1.54) is 6.07 Å². The molecule has 3 rings (SSSR count). The fourth-order valence-corrected chi connectivity index (χ4v) is 3.28. The lowest BCUT2D eigenvalue weighted by Gasteiger charge is -2.31. The van der Waals surface area contributed by atoms with E-state index in [0.717, 1.165) is 5.56 Å². The van der Waals surface area contributed by atoms with E-state index >= 15 is 0 Å². The number of aryl methyl sites for hydroxylation is 1. The summed E-state index contributed by atoms with van der Waals surface area (Å²) in [5.41, 5.74) is 8.19. The topological polar surface area (TPSA) is 75.4 Å². The maximum Gasteiger partial charge on any atom is 0.253 e. The Labute approximate surface area is 158 Å². The summed E-state index contributed by atoms with van der Waals surface area (Å²) in [6.07, 6.45) is 1.23. The number of carbonyl (C=O) groups excluding carboxylic acids is 2. The minimum absolute atomic E-state index is 0.0490. The molecule has 3 N–H and O–H groups in total. The maximum absolute atomic E-state index is 13.6. The molecule has 1 fully saturated rings. The molecule has 27 heavy (non-hydrogen) atoms. The van der Waals surface area contributed by atoms with Gasteiger partial charge in [0.2, 0.25) is 5.91 Å². The lowest BCUT2D eigenvalue weighted by Crippen LogP contribution is -2.42. The quantitative estimate of drug-likeness (QED) is 0.814. The first-order valence-electron chi connectivity index (χ1n) is 9.11. The van der Waals surface area contributed by atoms with Gasteiger partial charge in [-0.05, 0) is 55.2 Å². The van der Waals surface area contributed by atoms with Crippen molar-refractivity contribution < 1.29 is 14.0 Å². The molecule has 1 aliphatic rings. The standard InChI is InChI=1S/C21H24FN3O2/c1-14-5-6-15(11-19(14)22)13-24-20(26)16-7-9-25(10-8-16)21(27)17-3-2-4-18(23)12-17/h2-6,11-12,16H,7-10,13,23H2,1H3,(H,24,26). The largest absolute Gasteiger partial charge is 0.399 e. The zero-order valence-electron chi connectivity index (χ0n) is 15.4. The van der Waals surface area contributed by atoms with E-state index in [2.05, 4.69) is 5.32 Å². The molecule has 1 heterocycles. The molecule has 0 unspecified atom stereocenters. The Bertz CT molecular complexity index is 845. The van der Waals surface area contributed by atoms with Crippen LogP contribution in [-0.2, 0) is 11.3 Å². The van der Waals surface area contributed by atoms with Gasteiger partial charge in [-0.2, -0.15) is 0 Å². The number of carbonyl (C=O) groups is 2. The van der Waals surface area contributed by atoms with Crippen LogP contribution in [0.1, 0.15) is 34.3 Å². The zero-order valence-corrected chi connectivity index (χ0v) is 15.4. The summed E-state index contributed by atoms with van der Waals surface area (Å²) in [5, 5.41) is 2.87. The third kappa shape index (κ3) is 4.64. The number of nitrogens with two attached hydrogens (primary N) is 1. The number of nitrogens with zero attached hydrogens (tertiary/aromatic N) is 1. The Hall–Kier alpha value is -2.89. The van der Waals surface area contributed by atoms with Gasteiger partial charge < -0.3 is 16.0 Å². The van der Waals surface area contributed by atoms with Crippen LogP contribution in [0.15, 0.2) is 42.5 Å². The number of anilines is 1. The number of benzene rings is 2. The number of likely N-dealkylation sites (tertiary alicyclic amines) is 1. The second-order valence-corrected chi connectivity index (χ2v) is 6.99. The maximum atomic E-state index is 13.6. The van der Waals surface area contributed by atoms with E-state index < -0.39 is 0 Å². The molecule has 0 aliphatic carbocycles. The number of nitrogen functional groups attached to an aromatic ring is 1. The summed E-state index contributed by atoms with van der Waals surface area (Å²) in [6, 6.07) is 11.9. The van der Waals surface area contributed by atoms with Crippen LogP contribution in [-0.4, -0.2) is 29.8 Å². The highest BCUT2D eigenvalue weighted by atomic mass is 19.1. The average molecular weight is 369 g/mol. The molecule has 2 aromatic carbocycles. The highest BCUT2D eigenvalue weighted by molar-refractivity contribution is 5.95. The monoisotopic (exact) mass is 369 g/mol. The Kier molecular flexibility index (Phi) is 5.74. The smallest absolute Gasteiger partial charge is 0.253 e. The number of piperidine rings is 1. The lowest BCUT2D eigenvalue weighted by atomic mass is 9.95. The molecular weight excluding hydrogens is 345 g/mol. The van der Waals surface area contributed by atoms with E-state index in [9.17, 15) is 14.0 Å². The van der Waals surface area contributed by atoms with E-state index in [4.69, 9.17) is 5.73 Å². The Balaban J connectivity index is 1.50. The first-order valence-corrected chi connectivity index (χ1v) is 9.11. The number of hydrogen-bond donors (Lipinski definition) is 2. The van der Waals surface area contributed by atoms with Gasteiger partial charge in [0.1, 0.15) is 5.82 Å². The van der Waals surface area contributed by atoms with Crippen molar-refractivity contribution in [2.24, 2.45) is 5.92 Å². The summed E-state index contributed by atoms with van der Waals surface area (Å²) in [4.78, 5) is 26.7. The van der Waals surface area contributed by atoms with Gasteiger partial charge in [0, 0.05) is 36.8 Å². The van der Waals surface area contributed by atoms with Crippen LogP contribution in [0.2, 0.25) is 0 Å². The van der Waals surface area contributed by atoms with Crippen LogP contribution in [0.5, 0.6) is 0 Å². The van der Waals surface area contributed by atoms with Crippen LogP contribution < -0.4 is 11.1 Å². The van der Waals surface area contributed by atoms with Crippen molar-refractivity contribution in [1.82, 2.24) is 10.2 Å². The fraction of sp³-hybridized carbons (Fsp3) is 0.333. The third-order valence-electron chi connectivity index (χ3n) is 4.99. The molecule has 1 saturated heterocycles. The third-order valence-corrected chi connectivity index (χ3v) is 4.99.